The number of aliphatic hydroxyl groups is 1. The summed E-state index contributed by atoms with van der Waals surface area (Å²) < 4.78 is 0. The first kappa shape index (κ1) is 12.4. The van der Waals surface area contributed by atoms with Crippen LogP contribution in [0.5, 0.6) is 0 Å². The summed E-state index contributed by atoms with van der Waals surface area (Å²) in [5.74, 6) is 0. The highest BCUT2D eigenvalue weighted by Gasteiger charge is 2.13. The van der Waals surface area contributed by atoms with E-state index in [9.17, 15) is 5.11 Å². The van der Waals surface area contributed by atoms with Crippen molar-refractivity contribution in [2.24, 2.45) is 0 Å². The fraction of sp³-hybridized carbons (Fsp3) is 0.143. The van der Waals surface area contributed by atoms with E-state index in [1.54, 1.807) is 6.07 Å². The SMILES string of the molecule is O[C@H](Cc1ccccc1Cl)c1ccccc1Cl. The first-order valence-corrected chi connectivity index (χ1v) is 6.10. The third-order valence-electron chi connectivity index (χ3n) is 2.64. The Labute approximate surface area is 111 Å². The maximum Gasteiger partial charge on any atom is 0.0845 e. The molecule has 17 heavy (non-hydrogen) atoms. The summed E-state index contributed by atoms with van der Waals surface area (Å²) in [4.78, 5) is 0. The standard InChI is InChI=1S/C14H12Cl2O/c15-12-7-3-1-5-10(12)9-14(17)11-6-2-4-8-13(11)16/h1-8,14,17H,9H2/t14-/m1/s1. The lowest BCUT2D eigenvalue weighted by atomic mass is 10.0. The highest BCUT2D eigenvalue weighted by molar-refractivity contribution is 6.31. The molecule has 2 aromatic carbocycles. The maximum atomic E-state index is 10.1. The summed E-state index contributed by atoms with van der Waals surface area (Å²) in [6.07, 6.45) is -0.174. The van der Waals surface area contributed by atoms with E-state index in [0.29, 0.717) is 16.5 Å². The van der Waals surface area contributed by atoms with Crippen molar-refractivity contribution in [3.63, 3.8) is 0 Å². The van der Waals surface area contributed by atoms with Crippen LogP contribution in [0.25, 0.3) is 0 Å². The number of hydrogen-bond donors (Lipinski definition) is 1. The normalized spacial score (nSPS) is 12.4. The largest absolute Gasteiger partial charge is 0.388 e. The van der Waals surface area contributed by atoms with E-state index in [1.807, 2.05) is 42.5 Å². The molecule has 0 aromatic heterocycles. The Morgan fingerprint density at radius 1 is 0.882 bits per heavy atom. The molecule has 0 unspecified atom stereocenters. The number of hydrogen-bond acceptors (Lipinski definition) is 1. The maximum absolute atomic E-state index is 10.1. The van der Waals surface area contributed by atoms with Crippen LogP contribution in [0.4, 0.5) is 0 Å². The van der Waals surface area contributed by atoms with Gasteiger partial charge in [0.05, 0.1) is 6.10 Å². The molecule has 0 aliphatic carbocycles. The Morgan fingerprint density at radius 3 is 2.12 bits per heavy atom. The zero-order valence-electron chi connectivity index (χ0n) is 9.11. The number of aliphatic hydroxyl groups excluding tert-OH is 1. The average molecular weight is 267 g/mol. The van der Waals surface area contributed by atoms with Gasteiger partial charge in [0.2, 0.25) is 0 Å². The lowest BCUT2D eigenvalue weighted by Gasteiger charge is -2.13. The molecule has 0 bridgehead atoms. The van der Waals surface area contributed by atoms with E-state index >= 15 is 0 Å². The summed E-state index contributed by atoms with van der Waals surface area (Å²) in [7, 11) is 0. The lowest BCUT2D eigenvalue weighted by molar-refractivity contribution is 0.178. The third-order valence-corrected chi connectivity index (χ3v) is 3.35. The monoisotopic (exact) mass is 266 g/mol. The minimum atomic E-state index is -0.636. The molecular weight excluding hydrogens is 255 g/mol. The predicted molar refractivity (Wildman–Crippen MR) is 71.6 cm³/mol. The molecule has 0 aliphatic heterocycles. The first-order chi connectivity index (χ1) is 8.18. The van der Waals surface area contributed by atoms with Crippen LogP contribution in [0.15, 0.2) is 48.5 Å². The Kier molecular flexibility index (Phi) is 4.06. The fourth-order valence-corrected chi connectivity index (χ4v) is 2.20. The van der Waals surface area contributed by atoms with Gasteiger partial charge in [0.15, 0.2) is 0 Å². The molecule has 2 rings (SSSR count). The molecule has 0 spiro atoms. The van der Waals surface area contributed by atoms with Crippen molar-refractivity contribution in [3.05, 3.63) is 69.7 Å². The van der Waals surface area contributed by atoms with Gasteiger partial charge in [-0.15, -0.1) is 0 Å². The van der Waals surface area contributed by atoms with Crippen LogP contribution in [0.2, 0.25) is 10.0 Å². The van der Waals surface area contributed by atoms with Gasteiger partial charge in [0.25, 0.3) is 0 Å². The topological polar surface area (TPSA) is 20.2 Å². The van der Waals surface area contributed by atoms with E-state index < -0.39 is 6.10 Å². The van der Waals surface area contributed by atoms with Crippen molar-refractivity contribution in [2.45, 2.75) is 12.5 Å². The number of halogens is 2. The van der Waals surface area contributed by atoms with Gasteiger partial charge in [0, 0.05) is 16.5 Å². The fourth-order valence-electron chi connectivity index (χ4n) is 1.73. The minimum Gasteiger partial charge on any atom is -0.388 e. The highest BCUT2D eigenvalue weighted by Crippen LogP contribution is 2.27. The van der Waals surface area contributed by atoms with Gasteiger partial charge < -0.3 is 5.11 Å². The van der Waals surface area contributed by atoms with Crippen LogP contribution in [-0.4, -0.2) is 5.11 Å². The van der Waals surface area contributed by atoms with Gasteiger partial charge in [-0.05, 0) is 23.3 Å². The molecule has 0 saturated heterocycles. The Morgan fingerprint density at radius 2 is 1.47 bits per heavy atom. The van der Waals surface area contributed by atoms with Crippen molar-refractivity contribution in [3.8, 4) is 0 Å². The van der Waals surface area contributed by atoms with Crippen molar-refractivity contribution in [1.82, 2.24) is 0 Å². The van der Waals surface area contributed by atoms with Crippen molar-refractivity contribution in [2.75, 3.05) is 0 Å². The molecule has 0 amide bonds. The molecule has 88 valence electrons. The van der Waals surface area contributed by atoms with Crippen molar-refractivity contribution < 1.29 is 5.11 Å². The van der Waals surface area contributed by atoms with Crippen molar-refractivity contribution >= 4 is 23.2 Å². The van der Waals surface area contributed by atoms with Crippen molar-refractivity contribution in [1.29, 1.82) is 0 Å². The van der Waals surface area contributed by atoms with E-state index in [1.165, 1.54) is 0 Å². The predicted octanol–water partition coefficient (Wildman–Crippen LogP) is 4.27. The van der Waals surface area contributed by atoms with Crippen LogP contribution < -0.4 is 0 Å². The third kappa shape index (κ3) is 3.01. The van der Waals surface area contributed by atoms with Gasteiger partial charge in [-0.25, -0.2) is 0 Å². The zero-order chi connectivity index (χ0) is 12.3. The molecular formula is C14H12Cl2O. The Hall–Kier alpha value is -1.02. The van der Waals surface area contributed by atoms with Crippen LogP contribution in [0.3, 0.4) is 0 Å². The van der Waals surface area contributed by atoms with Gasteiger partial charge in [-0.3, -0.25) is 0 Å². The minimum absolute atomic E-state index is 0.462. The number of rotatable bonds is 3. The summed E-state index contributed by atoms with van der Waals surface area (Å²) in [6.45, 7) is 0. The molecule has 1 nitrogen and oxygen atoms in total. The van der Waals surface area contributed by atoms with Crippen LogP contribution in [0.1, 0.15) is 17.2 Å². The molecule has 1 atom stereocenters. The van der Waals surface area contributed by atoms with Crippen LogP contribution in [0, 0.1) is 0 Å². The van der Waals surface area contributed by atoms with Crippen LogP contribution >= 0.6 is 23.2 Å². The quantitative estimate of drug-likeness (QED) is 0.880. The van der Waals surface area contributed by atoms with Gasteiger partial charge in [0.1, 0.15) is 0 Å². The molecule has 0 heterocycles. The molecule has 0 radical (unpaired) electrons. The molecule has 0 fully saturated rings. The second-order valence-corrected chi connectivity index (χ2v) is 4.65. The molecule has 2 aromatic rings. The highest BCUT2D eigenvalue weighted by atomic mass is 35.5. The smallest absolute Gasteiger partial charge is 0.0845 e. The van der Waals surface area contributed by atoms with E-state index in [-0.39, 0.29) is 0 Å². The second-order valence-electron chi connectivity index (χ2n) is 3.83. The van der Waals surface area contributed by atoms with E-state index in [0.717, 1.165) is 11.1 Å². The van der Waals surface area contributed by atoms with Gasteiger partial charge >= 0.3 is 0 Å². The summed E-state index contributed by atoms with van der Waals surface area (Å²) in [5, 5.41) is 11.4. The Balaban J connectivity index is 2.20. The summed E-state index contributed by atoms with van der Waals surface area (Å²) in [5.41, 5.74) is 1.65. The summed E-state index contributed by atoms with van der Waals surface area (Å²) >= 11 is 12.1. The van der Waals surface area contributed by atoms with E-state index in [2.05, 4.69) is 0 Å². The molecule has 1 N–H and O–H groups in total. The zero-order valence-corrected chi connectivity index (χ0v) is 10.6. The van der Waals surface area contributed by atoms with E-state index in [4.69, 9.17) is 23.2 Å². The summed E-state index contributed by atoms with van der Waals surface area (Å²) in [6, 6.07) is 14.8. The second kappa shape index (κ2) is 5.54. The van der Waals surface area contributed by atoms with Gasteiger partial charge in [-0.1, -0.05) is 59.6 Å². The van der Waals surface area contributed by atoms with Crippen LogP contribution in [-0.2, 0) is 6.42 Å². The Bertz CT molecular complexity index is 511. The molecule has 3 heteroatoms. The molecule has 0 aliphatic rings. The molecule has 0 saturated carbocycles. The number of benzene rings is 2. The first-order valence-electron chi connectivity index (χ1n) is 5.34. The lowest BCUT2D eigenvalue weighted by Crippen LogP contribution is -2.02. The average Bonchev–Trinajstić information content (AvgIpc) is 2.32. The van der Waals surface area contributed by atoms with Gasteiger partial charge in [-0.2, -0.15) is 0 Å².